The monoisotopic (exact) mass is 345 g/mol. The molecule has 26 heavy (non-hydrogen) atoms. The molecule has 1 heteroatoms. The van der Waals surface area contributed by atoms with Gasteiger partial charge in [0.1, 0.15) is 0 Å². The van der Waals surface area contributed by atoms with Crippen LogP contribution in [0.25, 0.3) is 6.08 Å². The van der Waals surface area contributed by atoms with Crippen LogP contribution in [0, 0.1) is 13.8 Å². The largest absolute Gasteiger partial charge is 0.361 e. The zero-order valence-corrected chi connectivity index (χ0v) is 16.7. The van der Waals surface area contributed by atoms with Crippen molar-refractivity contribution in [3.05, 3.63) is 70.3 Å². The number of fused-ring (bicyclic) bond motifs is 1. The second-order valence-corrected chi connectivity index (χ2v) is 8.51. The summed E-state index contributed by atoms with van der Waals surface area (Å²) in [6.07, 6.45) is 11.6. The maximum atomic E-state index is 2.48. The molecule has 0 aromatic heterocycles. The molecule has 0 radical (unpaired) electrons. The Labute approximate surface area is 158 Å². The topological polar surface area (TPSA) is 3.24 Å². The van der Waals surface area contributed by atoms with Gasteiger partial charge in [-0.25, -0.2) is 0 Å². The van der Waals surface area contributed by atoms with Crippen LogP contribution in [0.5, 0.6) is 0 Å². The zero-order valence-electron chi connectivity index (χ0n) is 16.7. The average Bonchev–Trinajstić information content (AvgIpc) is 2.67. The third-order valence-electron chi connectivity index (χ3n) is 6.71. The lowest BCUT2D eigenvalue weighted by atomic mass is 9.80. The van der Waals surface area contributed by atoms with E-state index in [1.807, 2.05) is 0 Å². The summed E-state index contributed by atoms with van der Waals surface area (Å²) in [5.74, 6) is 0.750. The molecule has 4 rings (SSSR count). The summed E-state index contributed by atoms with van der Waals surface area (Å²) in [5, 5.41) is 0. The van der Waals surface area contributed by atoms with Gasteiger partial charge in [-0.05, 0) is 67.9 Å². The van der Waals surface area contributed by atoms with Crippen molar-refractivity contribution in [3.63, 3.8) is 0 Å². The molecule has 2 aliphatic rings. The predicted octanol–water partition coefficient (Wildman–Crippen LogP) is 6.73. The van der Waals surface area contributed by atoms with E-state index in [9.17, 15) is 0 Å². The van der Waals surface area contributed by atoms with Crippen LogP contribution in [0.2, 0.25) is 0 Å². The lowest BCUT2D eigenvalue weighted by molar-refractivity contribution is 0.443. The first-order valence-electron chi connectivity index (χ1n) is 10.1. The summed E-state index contributed by atoms with van der Waals surface area (Å²) >= 11 is 0. The van der Waals surface area contributed by atoms with Crippen LogP contribution < -0.4 is 4.90 Å². The van der Waals surface area contributed by atoms with Crippen LogP contribution in [0.15, 0.2) is 42.5 Å². The van der Waals surface area contributed by atoms with Gasteiger partial charge in [0.15, 0.2) is 0 Å². The van der Waals surface area contributed by atoms with Crippen molar-refractivity contribution in [2.45, 2.75) is 64.3 Å². The molecular formula is C25H31N. The second kappa shape index (κ2) is 6.61. The average molecular weight is 346 g/mol. The molecule has 0 saturated heterocycles. The molecule has 2 aromatic rings. The van der Waals surface area contributed by atoms with Gasteiger partial charge in [-0.2, -0.15) is 0 Å². The third kappa shape index (κ3) is 2.88. The summed E-state index contributed by atoms with van der Waals surface area (Å²) in [6, 6.07) is 14.0. The van der Waals surface area contributed by atoms with E-state index < -0.39 is 0 Å². The van der Waals surface area contributed by atoms with E-state index in [0.717, 1.165) is 5.92 Å². The lowest BCUT2D eigenvalue weighted by Gasteiger charge is -2.43. The zero-order chi connectivity index (χ0) is 18.3. The van der Waals surface area contributed by atoms with E-state index in [1.165, 1.54) is 65.6 Å². The minimum Gasteiger partial charge on any atom is -0.361 e. The number of hydrogen-bond donors (Lipinski definition) is 0. The van der Waals surface area contributed by atoms with Gasteiger partial charge >= 0.3 is 0 Å². The number of anilines is 1. The van der Waals surface area contributed by atoms with E-state index >= 15 is 0 Å². The Morgan fingerprint density at radius 1 is 0.962 bits per heavy atom. The highest BCUT2D eigenvalue weighted by Gasteiger charge is 2.34. The normalized spacial score (nSPS) is 23.2. The smallest absolute Gasteiger partial charge is 0.0811 e. The van der Waals surface area contributed by atoms with E-state index in [2.05, 4.69) is 81.3 Å². The predicted molar refractivity (Wildman–Crippen MR) is 113 cm³/mol. The minimum absolute atomic E-state index is 0.103. The van der Waals surface area contributed by atoms with Gasteiger partial charge in [0, 0.05) is 12.7 Å². The number of benzene rings is 2. The molecule has 2 aromatic carbocycles. The summed E-state index contributed by atoms with van der Waals surface area (Å²) in [6.45, 7) is 6.77. The highest BCUT2D eigenvalue weighted by molar-refractivity contribution is 5.75. The van der Waals surface area contributed by atoms with Gasteiger partial charge in [-0.3, -0.25) is 0 Å². The Morgan fingerprint density at radius 3 is 2.50 bits per heavy atom. The number of likely N-dealkylation sites (N-methyl/N-ethyl adjacent to an activating group) is 1. The first-order valence-corrected chi connectivity index (χ1v) is 10.1. The number of hydrogen-bond acceptors (Lipinski definition) is 1. The quantitative estimate of drug-likeness (QED) is 0.583. The van der Waals surface area contributed by atoms with Crippen molar-refractivity contribution in [2.75, 3.05) is 11.9 Å². The molecule has 0 amide bonds. The van der Waals surface area contributed by atoms with Crippen LogP contribution in [0.4, 0.5) is 5.69 Å². The van der Waals surface area contributed by atoms with Gasteiger partial charge < -0.3 is 4.90 Å². The fourth-order valence-electron chi connectivity index (χ4n) is 4.85. The molecule has 1 fully saturated rings. The summed E-state index contributed by atoms with van der Waals surface area (Å²) in [7, 11) is 2.26. The van der Waals surface area contributed by atoms with E-state index in [-0.39, 0.29) is 5.54 Å². The van der Waals surface area contributed by atoms with Crippen LogP contribution in [0.3, 0.4) is 0 Å². The standard InChI is InChI=1S/C25H31N/c1-18-10-11-19(2)23(16-18)25(3)15-14-21-12-13-22(17-24(21)26(25)4)20-8-6-5-7-9-20/h10-17,20H,5-9H2,1-4H3. The molecule has 1 aliphatic carbocycles. The maximum Gasteiger partial charge on any atom is 0.0811 e. The van der Waals surface area contributed by atoms with Gasteiger partial charge in [0.25, 0.3) is 0 Å². The van der Waals surface area contributed by atoms with E-state index in [0.29, 0.717) is 0 Å². The molecular weight excluding hydrogens is 314 g/mol. The first-order chi connectivity index (χ1) is 12.5. The van der Waals surface area contributed by atoms with Crippen molar-refractivity contribution in [2.24, 2.45) is 0 Å². The summed E-state index contributed by atoms with van der Waals surface area (Å²) < 4.78 is 0. The summed E-state index contributed by atoms with van der Waals surface area (Å²) in [4.78, 5) is 2.48. The molecule has 1 nitrogen and oxygen atoms in total. The molecule has 0 spiro atoms. The molecule has 0 N–H and O–H groups in total. The molecule has 136 valence electrons. The molecule has 1 saturated carbocycles. The molecule has 1 heterocycles. The third-order valence-corrected chi connectivity index (χ3v) is 6.71. The highest BCUT2D eigenvalue weighted by Crippen LogP contribution is 2.43. The molecule has 1 atom stereocenters. The maximum absolute atomic E-state index is 2.48. The van der Waals surface area contributed by atoms with Crippen LogP contribution in [-0.4, -0.2) is 7.05 Å². The number of nitrogens with zero attached hydrogens (tertiary/aromatic N) is 1. The fourth-order valence-corrected chi connectivity index (χ4v) is 4.85. The second-order valence-electron chi connectivity index (χ2n) is 8.51. The van der Waals surface area contributed by atoms with Gasteiger partial charge in [0.2, 0.25) is 0 Å². The molecule has 1 aliphatic heterocycles. The van der Waals surface area contributed by atoms with E-state index in [1.54, 1.807) is 0 Å². The highest BCUT2D eigenvalue weighted by atomic mass is 15.2. The SMILES string of the molecule is Cc1ccc(C)c(C2(C)C=Cc3ccc(C4CCCCC4)cc3N2C)c1. The van der Waals surface area contributed by atoms with Gasteiger partial charge in [0.05, 0.1) is 5.54 Å². The van der Waals surface area contributed by atoms with E-state index in [4.69, 9.17) is 0 Å². The van der Waals surface area contributed by atoms with Crippen LogP contribution in [-0.2, 0) is 5.54 Å². The summed E-state index contributed by atoms with van der Waals surface area (Å²) in [5.41, 5.74) is 8.25. The minimum atomic E-state index is -0.103. The molecule has 1 unspecified atom stereocenters. The van der Waals surface area contributed by atoms with Crippen molar-refractivity contribution in [3.8, 4) is 0 Å². The van der Waals surface area contributed by atoms with Crippen LogP contribution in [0.1, 0.15) is 72.8 Å². The Kier molecular flexibility index (Phi) is 4.42. The van der Waals surface area contributed by atoms with Crippen LogP contribution >= 0.6 is 0 Å². The van der Waals surface area contributed by atoms with Gasteiger partial charge in [-0.15, -0.1) is 0 Å². The van der Waals surface area contributed by atoms with Crippen molar-refractivity contribution >= 4 is 11.8 Å². The Morgan fingerprint density at radius 2 is 1.73 bits per heavy atom. The Hall–Kier alpha value is -2.02. The number of rotatable bonds is 2. The molecule has 0 bridgehead atoms. The first kappa shape index (κ1) is 17.4. The lowest BCUT2D eigenvalue weighted by Crippen LogP contribution is -2.42. The van der Waals surface area contributed by atoms with Crippen molar-refractivity contribution in [1.29, 1.82) is 0 Å². The fraction of sp³-hybridized carbons (Fsp3) is 0.440. The van der Waals surface area contributed by atoms with Gasteiger partial charge in [-0.1, -0.05) is 67.3 Å². The van der Waals surface area contributed by atoms with Crippen molar-refractivity contribution in [1.82, 2.24) is 0 Å². The Bertz CT molecular complexity index is 841. The Balaban J connectivity index is 1.75. The number of aryl methyl sites for hydroxylation is 2. The van der Waals surface area contributed by atoms with Crippen molar-refractivity contribution < 1.29 is 0 Å².